The molecule has 9 heteroatoms. The second-order valence-corrected chi connectivity index (χ2v) is 8.75. The van der Waals surface area contributed by atoms with Crippen molar-refractivity contribution < 1.29 is 17.9 Å². The molecule has 2 saturated heterocycles. The van der Waals surface area contributed by atoms with E-state index in [0.29, 0.717) is 26.1 Å². The van der Waals surface area contributed by atoms with E-state index in [4.69, 9.17) is 4.74 Å². The molecule has 0 bridgehead atoms. The van der Waals surface area contributed by atoms with Gasteiger partial charge in [0.2, 0.25) is 15.9 Å². The average Bonchev–Trinajstić information content (AvgIpc) is 3.30. The fourth-order valence-electron chi connectivity index (χ4n) is 3.52. The number of carbonyl (C=O) groups is 1. The molecular weight excluding hydrogens is 368 g/mol. The topological polar surface area (TPSA) is 84.7 Å². The first-order valence-corrected chi connectivity index (χ1v) is 10.4. The van der Waals surface area contributed by atoms with Crippen molar-refractivity contribution in [1.82, 2.24) is 14.1 Å². The molecule has 0 radical (unpaired) electrons. The van der Waals surface area contributed by atoms with Crippen molar-refractivity contribution in [3.63, 3.8) is 0 Å². The maximum Gasteiger partial charge on any atom is 0.243 e. The lowest BCUT2D eigenvalue weighted by atomic mass is 10.2. The molecule has 1 aromatic carbocycles. The Kier molecular flexibility index (Phi) is 4.75. The number of ether oxygens (including phenoxy) is 1. The van der Waals surface area contributed by atoms with Gasteiger partial charge >= 0.3 is 0 Å². The Hall–Kier alpha value is -2.23. The fourth-order valence-corrected chi connectivity index (χ4v) is 4.95. The normalized spacial score (nSPS) is 21.7. The maximum atomic E-state index is 13.0. The van der Waals surface area contributed by atoms with Crippen molar-refractivity contribution in [2.45, 2.75) is 23.8 Å². The predicted molar refractivity (Wildman–Crippen MR) is 98.7 cm³/mol. The smallest absolute Gasteiger partial charge is 0.243 e. The first kappa shape index (κ1) is 18.1. The van der Waals surface area contributed by atoms with Gasteiger partial charge in [-0.05, 0) is 30.7 Å². The van der Waals surface area contributed by atoms with Crippen LogP contribution in [-0.2, 0) is 26.6 Å². The van der Waals surface area contributed by atoms with Crippen LogP contribution in [0, 0.1) is 0 Å². The lowest BCUT2D eigenvalue weighted by Gasteiger charge is -2.31. The van der Waals surface area contributed by atoms with Gasteiger partial charge in [-0.15, -0.1) is 0 Å². The van der Waals surface area contributed by atoms with Gasteiger partial charge in [0.1, 0.15) is 0 Å². The summed E-state index contributed by atoms with van der Waals surface area (Å²) in [6, 6.07) is 6.56. The van der Waals surface area contributed by atoms with Crippen LogP contribution in [0.3, 0.4) is 0 Å². The van der Waals surface area contributed by atoms with Crippen molar-refractivity contribution in [2.75, 3.05) is 31.1 Å². The van der Waals surface area contributed by atoms with Crippen LogP contribution in [0.1, 0.15) is 24.5 Å². The SMILES string of the molecule is Cn1cc([C@@H]2CN(S(=O)(=O)c3ccc(N4CCCC4=O)cc3)CCO2)cn1. The molecule has 1 atom stereocenters. The summed E-state index contributed by atoms with van der Waals surface area (Å²) < 4.78 is 34.9. The molecule has 0 saturated carbocycles. The van der Waals surface area contributed by atoms with Gasteiger partial charge in [0.05, 0.1) is 23.8 Å². The molecule has 27 heavy (non-hydrogen) atoms. The van der Waals surface area contributed by atoms with Crippen LogP contribution in [0.2, 0.25) is 0 Å². The Balaban J connectivity index is 1.52. The molecule has 2 fully saturated rings. The van der Waals surface area contributed by atoms with Crippen molar-refractivity contribution in [1.29, 1.82) is 0 Å². The van der Waals surface area contributed by atoms with Crippen LogP contribution in [0.15, 0.2) is 41.6 Å². The van der Waals surface area contributed by atoms with Gasteiger partial charge in [-0.1, -0.05) is 0 Å². The zero-order chi connectivity index (χ0) is 19.0. The van der Waals surface area contributed by atoms with Gasteiger partial charge in [-0.25, -0.2) is 8.42 Å². The number of benzene rings is 1. The van der Waals surface area contributed by atoms with Gasteiger partial charge in [0, 0.05) is 50.6 Å². The lowest BCUT2D eigenvalue weighted by molar-refractivity contribution is -0.117. The summed E-state index contributed by atoms with van der Waals surface area (Å²) in [5, 5.41) is 4.13. The van der Waals surface area contributed by atoms with Crippen LogP contribution in [0.5, 0.6) is 0 Å². The minimum atomic E-state index is -3.63. The number of aryl methyl sites for hydroxylation is 1. The van der Waals surface area contributed by atoms with Crippen LogP contribution >= 0.6 is 0 Å². The lowest BCUT2D eigenvalue weighted by Crippen LogP contribution is -2.42. The number of carbonyl (C=O) groups excluding carboxylic acids is 1. The second-order valence-electron chi connectivity index (χ2n) is 6.81. The quantitative estimate of drug-likeness (QED) is 0.786. The molecule has 3 heterocycles. The first-order chi connectivity index (χ1) is 12.9. The molecule has 1 amide bonds. The van der Waals surface area contributed by atoms with E-state index in [-0.39, 0.29) is 23.5 Å². The Labute approximate surface area is 158 Å². The molecule has 2 aliphatic rings. The number of morpholine rings is 1. The third-order valence-corrected chi connectivity index (χ3v) is 6.86. The summed E-state index contributed by atoms with van der Waals surface area (Å²) in [5.41, 5.74) is 1.60. The Morgan fingerprint density at radius 1 is 1.19 bits per heavy atom. The van der Waals surface area contributed by atoms with E-state index < -0.39 is 10.0 Å². The highest BCUT2D eigenvalue weighted by molar-refractivity contribution is 7.89. The monoisotopic (exact) mass is 390 g/mol. The zero-order valence-electron chi connectivity index (χ0n) is 15.1. The number of sulfonamides is 1. The fraction of sp³-hybridized carbons (Fsp3) is 0.444. The Bertz CT molecular complexity index is 939. The van der Waals surface area contributed by atoms with Crippen LogP contribution < -0.4 is 4.90 Å². The molecule has 1 aromatic heterocycles. The molecule has 0 spiro atoms. The molecular formula is C18H22N4O4S. The third-order valence-electron chi connectivity index (χ3n) is 4.99. The number of rotatable bonds is 4. The van der Waals surface area contributed by atoms with E-state index in [1.54, 1.807) is 40.0 Å². The van der Waals surface area contributed by atoms with Crippen molar-refractivity contribution in [3.8, 4) is 0 Å². The number of hydrogen-bond donors (Lipinski definition) is 0. The number of anilines is 1. The summed E-state index contributed by atoms with van der Waals surface area (Å²) in [6.45, 7) is 1.58. The number of aromatic nitrogens is 2. The van der Waals surface area contributed by atoms with Gasteiger partial charge < -0.3 is 9.64 Å². The standard InChI is InChI=1S/C18H22N4O4S/c1-20-12-14(11-19-20)17-13-21(9-10-26-17)27(24,25)16-6-4-15(5-7-16)22-8-2-3-18(22)23/h4-7,11-12,17H,2-3,8-10,13H2,1H3/t17-/m0/s1. The Morgan fingerprint density at radius 2 is 1.96 bits per heavy atom. The predicted octanol–water partition coefficient (Wildman–Crippen LogP) is 1.31. The summed E-state index contributed by atoms with van der Waals surface area (Å²) in [5.74, 6) is 0.0816. The van der Waals surface area contributed by atoms with E-state index in [1.165, 1.54) is 4.31 Å². The van der Waals surface area contributed by atoms with E-state index >= 15 is 0 Å². The van der Waals surface area contributed by atoms with E-state index in [9.17, 15) is 13.2 Å². The highest BCUT2D eigenvalue weighted by Gasteiger charge is 2.32. The van der Waals surface area contributed by atoms with Gasteiger partial charge in [-0.3, -0.25) is 9.48 Å². The summed E-state index contributed by atoms with van der Waals surface area (Å²) in [4.78, 5) is 13.8. The minimum Gasteiger partial charge on any atom is -0.371 e. The molecule has 144 valence electrons. The van der Waals surface area contributed by atoms with E-state index in [1.807, 2.05) is 13.2 Å². The molecule has 0 aliphatic carbocycles. The zero-order valence-corrected chi connectivity index (χ0v) is 15.9. The van der Waals surface area contributed by atoms with E-state index in [2.05, 4.69) is 5.10 Å². The molecule has 8 nitrogen and oxygen atoms in total. The van der Waals surface area contributed by atoms with Gasteiger partial charge in [-0.2, -0.15) is 9.40 Å². The molecule has 2 aromatic rings. The van der Waals surface area contributed by atoms with Gasteiger partial charge in [0.25, 0.3) is 0 Å². The molecule has 0 N–H and O–H groups in total. The number of nitrogens with zero attached hydrogens (tertiary/aromatic N) is 4. The average molecular weight is 390 g/mol. The number of hydrogen-bond acceptors (Lipinski definition) is 5. The third kappa shape index (κ3) is 3.50. The van der Waals surface area contributed by atoms with Gasteiger partial charge in [0.15, 0.2) is 0 Å². The number of amides is 1. The highest BCUT2D eigenvalue weighted by Crippen LogP contribution is 2.28. The Morgan fingerprint density at radius 3 is 2.59 bits per heavy atom. The molecule has 0 unspecified atom stereocenters. The van der Waals surface area contributed by atoms with Crippen molar-refractivity contribution >= 4 is 21.6 Å². The largest absolute Gasteiger partial charge is 0.371 e. The summed E-state index contributed by atoms with van der Waals surface area (Å²) in [6.07, 6.45) is 4.58. The second kappa shape index (κ2) is 7.06. The highest BCUT2D eigenvalue weighted by atomic mass is 32.2. The van der Waals surface area contributed by atoms with Crippen molar-refractivity contribution in [2.24, 2.45) is 7.05 Å². The summed E-state index contributed by atoms with van der Waals surface area (Å²) in [7, 11) is -1.81. The maximum absolute atomic E-state index is 13.0. The summed E-state index contributed by atoms with van der Waals surface area (Å²) >= 11 is 0. The van der Waals surface area contributed by atoms with E-state index in [0.717, 1.165) is 17.7 Å². The first-order valence-electron chi connectivity index (χ1n) is 8.96. The minimum absolute atomic E-state index is 0.0816. The van der Waals surface area contributed by atoms with Crippen LogP contribution in [0.25, 0.3) is 0 Å². The molecule has 4 rings (SSSR count). The van der Waals surface area contributed by atoms with Crippen molar-refractivity contribution in [3.05, 3.63) is 42.2 Å². The van der Waals surface area contributed by atoms with Crippen LogP contribution in [0.4, 0.5) is 5.69 Å². The molecule has 2 aliphatic heterocycles. The van der Waals surface area contributed by atoms with Crippen LogP contribution in [-0.4, -0.2) is 54.7 Å².